The van der Waals surface area contributed by atoms with Crippen molar-refractivity contribution in [2.75, 3.05) is 6.61 Å². The van der Waals surface area contributed by atoms with E-state index in [1.807, 2.05) is 0 Å². The highest BCUT2D eigenvalue weighted by Gasteiger charge is 2.26. The third-order valence-electron chi connectivity index (χ3n) is 2.57. The Labute approximate surface area is 87.0 Å². The Morgan fingerprint density at radius 3 is 2.53 bits per heavy atom. The summed E-state index contributed by atoms with van der Waals surface area (Å²) in [5.41, 5.74) is 6.85. The fraction of sp³-hybridized carbons (Fsp3) is 0.400. The van der Waals surface area contributed by atoms with Crippen molar-refractivity contribution in [1.82, 2.24) is 0 Å². The highest BCUT2D eigenvalue weighted by molar-refractivity contribution is 5.34. The number of ether oxygens (including phenoxy) is 1. The second-order valence-corrected chi connectivity index (χ2v) is 3.59. The summed E-state index contributed by atoms with van der Waals surface area (Å²) in [4.78, 5) is 10.0. The minimum absolute atomic E-state index is 0.00791. The summed E-state index contributed by atoms with van der Waals surface area (Å²) in [6, 6.07) is 6.35. The van der Waals surface area contributed by atoms with Gasteiger partial charge in [0.25, 0.3) is 5.69 Å². The van der Waals surface area contributed by atoms with E-state index < -0.39 is 4.92 Å². The van der Waals surface area contributed by atoms with Crippen LogP contribution in [0.15, 0.2) is 24.3 Å². The number of nitro groups is 1. The van der Waals surface area contributed by atoms with E-state index in [4.69, 9.17) is 10.5 Å². The van der Waals surface area contributed by atoms with Crippen molar-refractivity contribution in [2.24, 2.45) is 5.73 Å². The quantitative estimate of drug-likeness (QED) is 0.588. The molecule has 1 aliphatic rings. The molecule has 15 heavy (non-hydrogen) atoms. The molecule has 0 aliphatic carbocycles. The van der Waals surface area contributed by atoms with Gasteiger partial charge in [-0.05, 0) is 24.1 Å². The molecular weight excluding hydrogens is 196 g/mol. The zero-order valence-electron chi connectivity index (χ0n) is 8.13. The van der Waals surface area contributed by atoms with Crippen LogP contribution in [0.4, 0.5) is 5.69 Å². The molecule has 1 fully saturated rings. The van der Waals surface area contributed by atoms with E-state index in [1.165, 1.54) is 12.1 Å². The van der Waals surface area contributed by atoms with Crippen molar-refractivity contribution >= 4 is 5.69 Å². The Hall–Kier alpha value is -1.46. The Bertz CT molecular complexity index is 363. The molecule has 2 N–H and O–H groups in total. The van der Waals surface area contributed by atoms with Gasteiger partial charge in [-0.1, -0.05) is 0 Å². The van der Waals surface area contributed by atoms with E-state index in [0.717, 1.165) is 12.0 Å². The monoisotopic (exact) mass is 208 g/mol. The second-order valence-electron chi connectivity index (χ2n) is 3.59. The normalized spacial score (nSPS) is 25.4. The summed E-state index contributed by atoms with van der Waals surface area (Å²) in [5, 5.41) is 10.4. The number of non-ortho nitro benzene ring substituents is 1. The summed E-state index contributed by atoms with van der Waals surface area (Å²) in [5.74, 6) is 0. The largest absolute Gasteiger partial charge is 0.372 e. The van der Waals surface area contributed by atoms with Gasteiger partial charge in [0.1, 0.15) is 0 Å². The molecule has 1 aromatic carbocycles. The van der Waals surface area contributed by atoms with Gasteiger partial charge in [0.05, 0.1) is 11.0 Å². The van der Waals surface area contributed by atoms with Gasteiger partial charge >= 0.3 is 0 Å². The molecule has 80 valence electrons. The molecule has 0 aromatic heterocycles. The van der Waals surface area contributed by atoms with Gasteiger partial charge in [-0.15, -0.1) is 0 Å². The van der Waals surface area contributed by atoms with Crippen LogP contribution in [0.5, 0.6) is 0 Å². The topological polar surface area (TPSA) is 78.4 Å². The number of nitrogens with two attached hydrogens (primary N) is 1. The van der Waals surface area contributed by atoms with Crippen LogP contribution in [-0.4, -0.2) is 17.6 Å². The molecular formula is C10H12N2O3. The molecule has 5 heteroatoms. The van der Waals surface area contributed by atoms with E-state index in [0.29, 0.717) is 6.61 Å². The minimum atomic E-state index is -0.417. The van der Waals surface area contributed by atoms with Crippen LogP contribution in [0.3, 0.4) is 0 Å². The van der Waals surface area contributed by atoms with Crippen molar-refractivity contribution < 1.29 is 9.66 Å². The highest BCUT2D eigenvalue weighted by atomic mass is 16.6. The summed E-state index contributed by atoms with van der Waals surface area (Å²) in [6.07, 6.45) is 0.715. The van der Waals surface area contributed by atoms with Crippen molar-refractivity contribution in [3.8, 4) is 0 Å². The van der Waals surface area contributed by atoms with E-state index in [1.54, 1.807) is 12.1 Å². The third kappa shape index (κ3) is 1.98. The molecule has 2 rings (SSSR count). The van der Waals surface area contributed by atoms with Crippen LogP contribution < -0.4 is 5.73 Å². The first-order chi connectivity index (χ1) is 7.18. The molecule has 0 spiro atoms. The standard InChI is InChI=1S/C10H12N2O3/c11-9-5-6-15-10(9)7-1-3-8(4-2-7)12(13)14/h1-4,9-10H,5-6,11H2. The third-order valence-corrected chi connectivity index (χ3v) is 2.57. The van der Waals surface area contributed by atoms with Gasteiger partial charge < -0.3 is 10.5 Å². The Balaban J connectivity index is 2.19. The van der Waals surface area contributed by atoms with Crippen molar-refractivity contribution in [3.63, 3.8) is 0 Å². The minimum Gasteiger partial charge on any atom is -0.372 e. The molecule has 1 heterocycles. The van der Waals surface area contributed by atoms with Gasteiger partial charge in [-0.3, -0.25) is 10.1 Å². The van der Waals surface area contributed by atoms with Gasteiger partial charge in [0.2, 0.25) is 0 Å². The van der Waals surface area contributed by atoms with Gasteiger partial charge in [0, 0.05) is 24.8 Å². The number of benzene rings is 1. The number of rotatable bonds is 2. The first-order valence-corrected chi connectivity index (χ1v) is 4.80. The lowest BCUT2D eigenvalue weighted by Gasteiger charge is -2.14. The van der Waals surface area contributed by atoms with Crippen molar-refractivity contribution in [3.05, 3.63) is 39.9 Å². The van der Waals surface area contributed by atoms with Crippen LogP contribution in [0.25, 0.3) is 0 Å². The molecule has 0 amide bonds. The summed E-state index contributed by atoms with van der Waals surface area (Å²) < 4.78 is 5.46. The number of nitro benzene ring substituents is 1. The number of hydrogen-bond donors (Lipinski definition) is 1. The molecule has 0 radical (unpaired) electrons. The van der Waals surface area contributed by atoms with Gasteiger partial charge in [-0.2, -0.15) is 0 Å². The summed E-state index contributed by atoms with van der Waals surface area (Å²) in [6.45, 7) is 0.656. The zero-order chi connectivity index (χ0) is 10.8. The molecule has 1 aromatic rings. The van der Waals surface area contributed by atoms with E-state index in [9.17, 15) is 10.1 Å². The Kier molecular flexibility index (Phi) is 2.66. The van der Waals surface area contributed by atoms with Gasteiger partial charge in [0.15, 0.2) is 0 Å². The Morgan fingerprint density at radius 1 is 1.40 bits per heavy atom. The predicted octanol–water partition coefficient (Wildman–Crippen LogP) is 1.38. The SMILES string of the molecule is NC1CCOC1c1ccc([N+](=O)[O-])cc1. The average Bonchev–Trinajstić information content (AvgIpc) is 2.65. The first-order valence-electron chi connectivity index (χ1n) is 4.80. The summed E-state index contributed by atoms with van der Waals surface area (Å²) in [7, 11) is 0. The van der Waals surface area contributed by atoms with Crippen LogP contribution in [0, 0.1) is 10.1 Å². The fourth-order valence-electron chi connectivity index (χ4n) is 1.74. The lowest BCUT2D eigenvalue weighted by atomic mass is 10.0. The fourth-order valence-corrected chi connectivity index (χ4v) is 1.74. The van der Waals surface area contributed by atoms with Crippen LogP contribution in [0.1, 0.15) is 18.1 Å². The van der Waals surface area contributed by atoms with Crippen LogP contribution in [-0.2, 0) is 4.74 Å². The lowest BCUT2D eigenvalue weighted by Crippen LogP contribution is -2.23. The molecule has 0 bridgehead atoms. The zero-order valence-corrected chi connectivity index (χ0v) is 8.13. The van der Waals surface area contributed by atoms with Crippen LogP contribution >= 0.6 is 0 Å². The van der Waals surface area contributed by atoms with E-state index in [-0.39, 0.29) is 17.8 Å². The molecule has 5 nitrogen and oxygen atoms in total. The Morgan fingerprint density at radius 2 is 2.07 bits per heavy atom. The average molecular weight is 208 g/mol. The maximum Gasteiger partial charge on any atom is 0.269 e. The van der Waals surface area contributed by atoms with Crippen molar-refractivity contribution in [2.45, 2.75) is 18.6 Å². The molecule has 2 atom stereocenters. The van der Waals surface area contributed by atoms with Crippen molar-refractivity contribution in [1.29, 1.82) is 0 Å². The predicted molar refractivity (Wildman–Crippen MR) is 54.4 cm³/mol. The molecule has 0 saturated carbocycles. The molecule has 2 unspecified atom stereocenters. The van der Waals surface area contributed by atoms with E-state index >= 15 is 0 Å². The first kappa shape index (κ1) is 10.1. The van der Waals surface area contributed by atoms with E-state index in [2.05, 4.69) is 0 Å². The maximum absolute atomic E-state index is 10.4. The maximum atomic E-state index is 10.4. The summed E-state index contributed by atoms with van der Waals surface area (Å²) >= 11 is 0. The molecule has 1 saturated heterocycles. The second kappa shape index (κ2) is 3.96. The van der Waals surface area contributed by atoms with Gasteiger partial charge in [-0.25, -0.2) is 0 Å². The highest BCUT2D eigenvalue weighted by Crippen LogP contribution is 2.28. The molecule has 1 aliphatic heterocycles. The van der Waals surface area contributed by atoms with Crippen LogP contribution in [0.2, 0.25) is 0 Å². The number of hydrogen-bond acceptors (Lipinski definition) is 4. The number of nitrogens with zero attached hydrogens (tertiary/aromatic N) is 1. The lowest BCUT2D eigenvalue weighted by molar-refractivity contribution is -0.384. The smallest absolute Gasteiger partial charge is 0.269 e.